The van der Waals surface area contributed by atoms with Crippen molar-refractivity contribution in [3.8, 4) is 34.4 Å². The van der Waals surface area contributed by atoms with Gasteiger partial charge in [-0.3, -0.25) is 14.9 Å². The molecule has 50 heavy (non-hydrogen) atoms. The number of hydrogen-bond donors (Lipinski definition) is 1. The van der Waals surface area contributed by atoms with Crippen molar-refractivity contribution in [2.45, 2.75) is 71.8 Å². The van der Waals surface area contributed by atoms with Crippen LogP contribution < -0.4 is 14.2 Å². The third-order valence-electron chi connectivity index (χ3n) is 9.65. The summed E-state index contributed by atoms with van der Waals surface area (Å²) in [6.45, 7) is 10.7. The molecule has 0 saturated carbocycles. The van der Waals surface area contributed by atoms with Gasteiger partial charge in [0.25, 0.3) is 0 Å². The third kappa shape index (κ3) is 9.12. The molecule has 2 aliphatic heterocycles. The number of halogens is 1. The first-order chi connectivity index (χ1) is 24.4. The van der Waals surface area contributed by atoms with Crippen LogP contribution in [0.1, 0.15) is 65.6 Å². The zero-order chi connectivity index (χ0) is 34.9. The number of aliphatic hydroxyl groups excluding tert-OH is 1. The SMILES string of the molecule is Cc1c(OCCCN2CCC(O)C2)cccc1-c1ccnc(COc2cc(OCc3cncc(C#N)c3)c(CN3CCCCC3)cc2Cl)c1C. The van der Waals surface area contributed by atoms with Gasteiger partial charge in [-0.1, -0.05) is 30.2 Å². The van der Waals surface area contributed by atoms with Gasteiger partial charge in [-0.25, -0.2) is 0 Å². The Hall–Kier alpha value is -4.20. The highest BCUT2D eigenvalue weighted by atomic mass is 35.5. The molecule has 10 heteroatoms. The van der Waals surface area contributed by atoms with Gasteiger partial charge in [0.2, 0.25) is 0 Å². The number of hydrogen-bond acceptors (Lipinski definition) is 9. The number of aromatic nitrogens is 2. The number of ether oxygens (including phenoxy) is 3. The molecule has 2 saturated heterocycles. The van der Waals surface area contributed by atoms with Crippen LogP contribution in [0.3, 0.4) is 0 Å². The van der Waals surface area contributed by atoms with E-state index in [-0.39, 0.29) is 19.3 Å². The van der Waals surface area contributed by atoms with Crippen molar-refractivity contribution in [2.24, 2.45) is 0 Å². The highest BCUT2D eigenvalue weighted by Crippen LogP contribution is 2.36. The maximum absolute atomic E-state index is 9.79. The fourth-order valence-corrected chi connectivity index (χ4v) is 7.04. The monoisotopic (exact) mass is 695 g/mol. The van der Waals surface area contributed by atoms with E-state index >= 15 is 0 Å². The van der Waals surface area contributed by atoms with Crippen LogP contribution in [-0.2, 0) is 19.8 Å². The Balaban J connectivity index is 1.16. The molecule has 0 amide bonds. The second kappa shape index (κ2) is 17.1. The molecule has 2 fully saturated rings. The Labute approximate surface area is 300 Å². The van der Waals surface area contributed by atoms with Crippen LogP contribution in [0.25, 0.3) is 11.1 Å². The number of benzene rings is 2. The Morgan fingerprint density at radius 3 is 2.52 bits per heavy atom. The van der Waals surface area contributed by atoms with E-state index in [2.05, 4.69) is 45.8 Å². The number of likely N-dealkylation sites (tertiary alicyclic amines) is 2. The first-order valence-electron chi connectivity index (χ1n) is 17.6. The van der Waals surface area contributed by atoms with E-state index in [1.165, 1.54) is 19.3 Å². The minimum absolute atomic E-state index is 0.199. The van der Waals surface area contributed by atoms with Crippen molar-refractivity contribution < 1.29 is 19.3 Å². The van der Waals surface area contributed by atoms with Crippen LogP contribution in [-0.4, -0.2) is 70.3 Å². The summed E-state index contributed by atoms with van der Waals surface area (Å²) in [6.07, 6.45) is 10.3. The second-order valence-electron chi connectivity index (χ2n) is 13.3. The molecule has 9 nitrogen and oxygen atoms in total. The topological polar surface area (TPSA) is 104 Å². The zero-order valence-corrected chi connectivity index (χ0v) is 29.8. The molecule has 4 aromatic rings. The zero-order valence-electron chi connectivity index (χ0n) is 29.0. The van der Waals surface area contributed by atoms with Gasteiger partial charge in [0, 0.05) is 62.0 Å². The van der Waals surface area contributed by atoms with E-state index in [0.29, 0.717) is 28.7 Å². The van der Waals surface area contributed by atoms with Gasteiger partial charge in [0.1, 0.15) is 36.5 Å². The van der Waals surface area contributed by atoms with Crippen molar-refractivity contribution in [3.63, 3.8) is 0 Å². The van der Waals surface area contributed by atoms with Crippen molar-refractivity contribution >= 4 is 11.6 Å². The van der Waals surface area contributed by atoms with Gasteiger partial charge in [-0.2, -0.15) is 5.26 Å². The van der Waals surface area contributed by atoms with E-state index in [9.17, 15) is 10.4 Å². The van der Waals surface area contributed by atoms with E-state index in [0.717, 1.165) is 96.9 Å². The molecule has 2 aliphatic rings. The van der Waals surface area contributed by atoms with Gasteiger partial charge in [-0.15, -0.1) is 0 Å². The number of nitriles is 1. The van der Waals surface area contributed by atoms with E-state index in [1.54, 1.807) is 18.5 Å². The van der Waals surface area contributed by atoms with Gasteiger partial charge in [0.05, 0.1) is 29.0 Å². The van der Waals surface area contributed by atoms with Crippen LogP contribution in [0.4, 0.5) is 0 Å². The standard InChI is InChI=1S/C40H46ClN5O4/c1-28-35(34-8-6-9-38(29(34)2)48-17-7-15-46-16-11-33(47)25-46)10-12-44-37(28)27-50-40-20-39(49-26-31-18-30(21-42)22-43-23-31)32(19-36(40)41)24-45-13-4-3-5-14-45/h6,8-10,12,18-20,22-23,33,47H,3-5,7,11,13-17,24-27H2,1-2H3. The fourth-order valence-electron chi connectivity index (χ4n) is 6.80. The average Bonchev–Trinajstić information content (AvgIpc) is 3.55. The molecule has 262 valence electrons. The lowest BCUT2D eigenvalue weighted by molar-refractivity contribution is 0.173. The lowest BCUT2D eigenvalue weighted by Crippen LogP contribution is -2.29. The molecule has 6 rings (SSSR count). The molecule has 4 heterocycles. The first kappa shape index (κ1) is 35.6. The Bertz CT molecular complexity index is 1810. The molecule has 1 unspecified atom stereocenters. The molecule has 0 bridgehead atoms. The molecule has 1 atom stereocenters. The number of rotatable bonds is 14. The highest BCUT2D eigenvalue weighted by molar-refractivity contribution is 6.32. The summed E-state index contributed by atoms with van der Waals surface area (Å²) in [7, 11) is 0. The van der Waals surface area contributed by atoms with Gasteiger partial charge >= 0.3 is 0 Å². The van der Waals surface area contributed by atoms with Crippen LogP contribution in [0.2, 0.25) is 5.02 Å². The van der Waals surface area contributed by atoms with Crippen LogP contribution in [0.15, 0.2) is 61.1 Å². The van der Waals surface area contributed by atoms with Gasteiger partial charge in [0.15, 0.2) is 0 Å². The van der Waals surface area contributed by atoms with Crippen molar-refractivity contribution in [2.75, 3.05) is 39.3 Å². The maximum Gasteiger partial charge on any atom is 0.142 e. The van der Waals surface area contributed by atoms with Crippen LogP contribution >= 0.6 is 11.6 Å². The average molecular weight is 696 g/mol. The van der Waals surface area contributed by atoms with Crippen molar-refractivity contribution in [3.05, 3.63) is 99.6 Å². The highest BCUT2D eigenvalue weighted by Gasteiger charge is 2.20. The molecular weight excluding hydrogens is 650 g/mol. The third-order valence-corrected chi connectivity index (χ3v) is 9.94. The minimum atomic E-state index is -0.199. The molecular formula is C40H46ClN5O4. The predicted octanol–water partition coefficient (Wildman–Crippen LogP) is 7.26. The summed E-state index contributed by atoms with van der Waals surface area (Å²) in [4.78, 5) is 13.6. The summed E-state index contributed by atoms with van der Waals surface area (Å²) >= 11 is 6.85. The number of β-amino-alcohol motifs (C(OH)–C–C–N with tert-alkyl or cyclic N) is 1. The van der Waals surface area contributed by atoms with E-state index < -0.39 is 0 Å². The first-order valence-corrected chi connectivity index (χ1v) is 18.0. The van der Waals surface area contributed by atoms with Gasteiger partial charge in [-0.05, 0) is 99.1 Å². The lowest BCUT2D eigenvalue weighted by atomic mass is 9.96. The summed E-state index contributed by atoms with van der Waals surface area (Å²) in [5, 5.41) is 19.6. The van der Waals surface area contributed by atoms with Gasteiger partial charge < -0.3 is 24.2 Å². The van der Waals surface area contributed by atoms with Crippen molar-refractivity contribution in [1.82, 2.24) is 19.8 Å². The van der Waals surface area contributed by atoms with E-state index in [1.807, 2.05) is 36.5 Å². The van der Waals surface area contributed by atoms with Crippen molar-refractivity contribution in [1.29, 1.82) is 5.26 Å². The Morgan fingerprint density at radius 1 is 0.900 bits per heavy atom. The van der Waals surface area contributed by atoms with Crippen LogP contribution in [0.5, 0.6) is 17.2 Å². The minimum Gasteiger partial charge on any atom is -0.493 e. The Morgan fingerprint density at radius 2 is 1.72 bits per heavy atom. The van der Waals surface area contributed by atoms with Crippen LogP contribution in [0, 0.1) is 25.2 Å². The molecule has 0 spiro atoms. The maximum atomic E-state index is 9.79. The molecule has 2 aromatic carbocycles. The number of aliphatic hydroxyl groups is 1. The molecule has 2 aromatic heterocycles. The molecule has 0 radical (unpaired) electrons. The Kier molecular flexibility index (Phi) is 12.2. The number of pyridine rings is 2. The predicted molar refractivity (Wildman–Crippen MR) is 195 cm³/mol. The fraction of sp³-hybridized carbons (Fsp3) is 0.425. The summed E-state index contributed by atoms with van der Waals surface area (Å²) in [5.41, 5.74) is 7.40. The lowest BCUT2D eigenvalue weighted by Gasteiger charge is -2.27. The van der Waals surface area contributed by atoms with E-state index in [4.69, 9.17) is 25.8 Å². The summed E-state index contributed by atoms with van der Waals surface area (Å²) < 4.78 is 18.9. The summed E-state index contributed by atoms with van der Waals surface area (Å²) in [5.74, 6) is 2.09. The normalized spacial score (nSPS) is 16.7. The molecule has 0 aliphatic carbocycles. The number of nitrogens with zero attached hydrogens (tertiary/aromatic N) is 5. The smallest absolute Gasteiger partial charge is 0.142 e. The number of piperidine rings is 1. The summed E-state index contributed by atoms with van der Waals surface area (Å²) in [6, 6.07) is 16.0. The largest absolute Gasteiger partial charge is 0.493 e. The molecule has 1 N–H and O–H groups in total. The quantitative estimate of drug-likeness (QED) is 0.137. The second-order valence-corrected chi connectivity index (χ2v) is 13.7.